The zero-order chi connectivity index (χ0) is 13.7. The van der Waals surface area contributed by atoms with Crippen molar-refractivity contribution in [2.75, 3.05) is 6.54 Å². The maximum atomic E-state index is 6.07. The van der Waals surface area contributed by atoms with Gasteiger partial charge in [-0.25, -0.2) is 0 Å². The first kappa shape index (κ1) is 15.5. The van der Waals surface area contributed by atoms with E-state index in [1.807, 2.05) is 12.1 Å². The van der Waals surface area contributed by atoms with Gasteiger partial charge in [-0.3, -0.25) is 0 Å². The van der Waals surface area contributed by atoms with E-state index in [2.05, 4.69) is 61.9 Å². The quantitative estimate of drug-likeness (QED) is 0.832. The Morgan fingerprint density at radius 1 is 1.22 bits per heavy atom. The van der Waals surface area contributed by atoms with Crippen LogP contribution < -0.4 is 10.1 Å². The van der Waals surface area contributed by atoms with Crippen LogP contribution in [-0.2, 0) is 0 Å². The Hall–Kier alpha value is -0.540. The molecule has 2 atom stereocenters. The molecule has 2 nitrogen and oxygen atoms in total. The van der Waals surface area contributed by atoms with Gasteiger partial charge in [0.25, 0.3) is 0 Å². The summed E-state index contributed by atoms with van der Waals surface area (Å²) in [6.45, 7) is 11.7. The van der Waals surface area contributed by atoms with E-state index in [1.54, 1.807) is 0 Å². The van der Waals surface area contributed by atoms with Crippen LogP contribution in [0.5, 0.6) is 5.75 Å². The van der Waals surface area contributed by atoms with Crippen LogP contribution in [0.15, 0.2) is 22.7 Å². The van der Waals surface area contributed by atoms with Crippen LogP contribution in [-0.4, -0.2) is 12.6 Å². The molecular weight excluding hydrogens is 290 g/mol. The van der Waals surface area contributed by atoms with Crippen molar-refractivity contribution in [3.63, 3.8) is 0 Å². The highest BCUT2D eigenvalue weighted by molar-refractivity contribution is 9.10. The fraction of sp³-hybridized carbons (Fsp3) is 0.600. The van der Waals surface area contributed by atoms with Gasteiger partial charge in [-0.1, -0.05) is 36.7 Å². The van der Waals surface area contributed by atoms with Crippen molar-refractivity contribution < 1.29 is 4.74 Å². The highest BCUT2D eigenvalue weighted by Crippen LogP contribution is 2.30. The third kappa shape index (κ3) is 4.29. The summed E-state index contributed by atoms with van der Waals surface area (Å²) in [7, 11) is 0. The SMILES string of the molecule is CCNC(C)c1cc(Br)ccc1OC(C)C(C)C. The van der Waals surface area contributed by atoms with Gasteiger partial charge in [0.15, 0.2) is 0 Å². The molecular formula is C15H24BrNO. The van der Waals surface area contributed by atoms with E-state index in [1.165, 1.54) is 5.56 Å². The van der Waals surface area contributed by atoms with Gasteiger partial charge in [0.1, 0.15) is 5.75 Å². The minimum absolute atomic E-state index is 0.221. The van der Waals surface area contributed by atoms with E-state index in [9.17, 15) is 0 Å². The van der Waals surface area contributed by atoms with Crippen molar-refractivity contribution >= 4 is 15.9 Å². The van der Waals surface area contributed by atoms with E-state index in [-0.39, 0.29) is 6.10 Å². The van der Waals surface area contributed by atoms with E-state index < -0.39 is 0 Å². The lowest BCUT2D eigenvalue weighted by atomic mass is 10.1. The number of hydrogen-bond donors (Lipinski definition) is 1. The zero-order valence-electron chi connectivity index (χ0n) is 12.0. The van der Waals surface area contributed by atoms with Crippen molar-refractivity contribution in [2.45, 2.75) is 46.8 Å². The standard InChI is InChI=1S/C15H24BrNO/c1-6-17-11(4)14-9-13(16)7-8-15(14)18-12(5)10(2)3/h7-12,17H,6H2,1-5H3. The van der Waals surface area contributed by atoms with Crippen LogP contribution in [0.4, 0.5) is 0 Å². The number of hydrogen-bond acceptors (Lipinski definition) is 2. The Bertz CT molecular complexity index is 379. The molecule has 18 heavy (non-hydrogen) atoms. The highest BCUT2D eigenvalue weighted by Gasteiger charge is 2.15. The molecule has 2 unspecified atom stereocenters. The second kappa shape index (κ2) is 7.15. The first-order valence-electron chi connectivity index (χ1n) is 6.65. The van der Waals surface area contributed by atoms with Crippen molar-refractivity contribution in [3.8, 4) is 5.75 Å². The van der Waals surface area contributed by atoms with Crippen molar-refractivity contribution in [1.29, 1.82) is 0 Å². The van der Waals surface area contributed by atoms with Gasteiger partial charge in [-0.2, -0.15) is 0 Å². The van der Waals surface area contributed by atoms with Gasteiger partial charge < -0.3 is 10.1 Å². The first-order valence-corrected chi connectivity index (χ1v) is 7.44. The molecule has 0 saturated carbocycles. The van der Waals surface area contributed by atoms with Crippen molar-refractivity contribution in [1.82, 2.24) is 5.32 Å². The van der Waals surface area contributed by atoms with E-state index >= 15 is 0 Å². The summed E-state index contributed by atoms with van der Waals surface area (Å²) < 4.78 is 7.16. The van der Waals surface area contributed by atoms with Crippen LogP contribution in [0.25, 0.3) is 0 Å². The summed E-state index contributed by atoms with van der Waals surface area (Å²) in [5, 5.41) is 3.43. The first-order chi connectivity index (χ1) is 8.45. The van der Waals surface area contributed by atoms with Gasteiger partial charge >= 0.3 is 0 Å². The molecule has 102 valence electrons. The van der Waals surface area contributed by atoms with E-state index in [4.69, 9.17) is 4.74 Å². The Morgan fingerprint density at radius 3 is 2.44 bits per heavy atom. The number of benzene rings is 1. The monoisotopic (exact) mass is 313 g/mol. The number of ether oxygens (including phenoxy) is 1. The third-order valence-corrected chi connectivity index (χ3v) is 3.69. The van der Waals surface area contributed by atoms with Crippen LogP contribution >= 0.6 is 15.9 Å². The van der Waals surface area contributed by atoms with Gasteiger partial charge in [0.2, 0.25) is 0 Å². The number of rotatable bonds is 6. The molecule has 3 heteroatoms. The molecule has 0 radical (unpaired) electrons. The summed E-state index contributed by atoms with van der Waals surface area (Å²) in [4.78, 5) is 0. The lowest BCUT2D eigenvalue weighted by molar-refractivity contribution is 0.168. The average Bonchev–Trinajstić information content (AvgIpc) is 2.31. The van der Waals surface area contributed by atoms with Crippen molar-refractivity contribution in [3.05, 3.63) is 28.2 Å². The fourth-order valence-electron chi connectivity index (χ4n) is 1.72. The van der Waals surface area contributed by atoms with Gasteiger partial charge in [-0.05, 0) is 44.5 Å². The average molecular weight is 314 g/mol. The van der Waals surface area contributed by atoms with E-state index in [0.717, 1.165) is 16.8 Å². The van der Waals surface area contributed by atoms with Crippen molar-refractivity contribution in [2.24, 2.45) is 5.92 Å². The molecule has 1 N–H and O–H groups in total. The lowest BCUT2D eigenvalue weighted by Crippen LogP contribution is -2.22. The summed E-state index contributed by atoms with van der Waals surface area (Å²) in [6.07, 6.45) is 0.221. The molecule has 1 aromatic carbocycles. The number of halogens is 1. The highest BCUT2D eigenvalue weighted by atomic mass is 79.9. The predicted molar refractivity (Wildman–Crippen MR) is 81.2 cm³/mol. The maximum Gasteiger partial charge on any atom is 0.124 e. The van der Waals surface area contributed by atoms with Crippen LogP contribution in [0, 0.1) is 5.92 Å². The van der Waals surface area contributed by atoms with Crippen LogP contribution in [0.1, 0.15) is 46.2 Å². The Labute approximate surface area is 119 Å². The topological polar surface area (TPSA) is 21.3 Å². The Morgan fingerprint density at radius 2 is 1.89 bits per heavy atom. The van der Waals surface area contributed by atoms with E-state index in [0.29, 0.717) is 12.0 Å². The normalized spacial score (nSPS) is 14.6. The molecule has 0 aliphatic heterocycles. The van der Waals surface area contributed by atoms with Crippen LogP contribution in [0.3, 0.4) is 0 Å². The molecule has 0 fully saturated rings. The molecule has 0 bridgehead atoms. The van der Waals surface area contributed by atoms with Gasteiger partial charge in [0, 0.05) is 16.1 Å². The molecule has 0 heterocycles. The molecule has 0 saturated heterocycles. The molecule has 0 spiro atoms. The smallest absolute Gasteiger partial charge is 0.124 e. The Balaban J connectivity index is 2.96. The second-order valence-electron chi connectivity index (χ2n) is 5.03. The minimum Gasteiger partial charge on any atom is -0.490 e. The molecule has 1 rings (SSSR count). The number of nitrogens with one attached hydrogen (secondary N) is 1. The lowest BCUT2D eigenvalue weighted by Gasteiger charge is -2.23. The second-order valence-corrected chi connectivity index (χ2v) is 5.94. The third-order valence-electron chi connectivity index (χ3n) is 3.20. The Kier molecular flexibility index (Phi) is 6.16. The summed E-state index contributed by atoms with van der Waals surface area (Å²) in [6, 6.07) is 6.51. The van der Waals surface area contributed by atoms with Gasteiger partial charge in [-0.15, -0.1) is 0 Å². The zero-order valence-corrected chi connectivity index (χ0v) is 13.5. The molecule has 0 aliphatic rings. The summed E-state index contributed by atoms with van der Waals surface area (Å²) in [5.74, 6) is 1.49. The van der Waals surface area contributed by atoms with Gasteiger partial charge in [0.05, 0.1) is 6.10 Å². The molecule has 1 aromatic rings. The fourth-order valence-corrected chi connectivity index (χ4v) is 2.10. The molecule has 0 aliphatic carbocycles. The summed E-state index contributed by atoms with van der Waals surface area (Å²) >= 11 is 3.53. The minimum atomic E-state index is 0.221. The molecule has 0 amide bonds. The summed E-state index contributed by atoms with van der Waals surface area (Å²) in [5.41, 5.74) is 1.21. The van der Waals surface area contributed by atoms with Crippen LogP contribution in [0.2, 0.25) is 0 Å². The largest absolute Gasteiger partial charge is 0.490 e. The molecule has 0 aromatic heterocycles. The maximum absolute atomic E-state index is 6.07. The predicted octanol–water partition coefficient (Wildman–Crippen LogP) is 4.54.